The Morgan fingerprint density at radius 2 is 2.07 bits per heavy atom. The molecule has 0 saturated heterocycles. The van der Waals surface area contributed by atoms with Crippen molar-refractivity contribution in [3.05, 3.63) is 33.3 Å². The first-order chi connectivity index (χ1) is 7.16. The van der Waals surface area contributed by atoms with Crippen molar-refractivity contribution in [2.45, 2.75) is 12.8 Å². The molecule has 0 saturated carbocycles. The fourth-order valence-electron chi connectivity index (χ4n) is 1.35. The third-order valence-electron chi connectivity index (χ3n) is 2.17. The molecule has 5 heteroatoms. The Hall–Kier alpha value is -0.870. The molecule has 15 heavy (non-hydrogen) atoms. The quantitative estimate of drug-likeness (QED) is 0.848. The van der Waals surface area contributed by atoms with E-state index in [9.17, 15) is 0 Å². The first-order valence-corrected chi connectivity index (χ1v) is 5.68. The minimum atomic E-state index is 0.590. The van der Waals surface area contributed by atoms with E-state index in [1.807, 2.05) is 18.2 Å². The highest BCUT2D eigenvalue weighted by Crippen LogP contribution is 2.24. The number of benzene rings is 1. The second-order valence-corrected chi connectivity index (χ2v) is 4.53. The van der Waals surface area contributed by atoms with Crippen LogP contribution in [0.25, 0.3) is 0 Å². The Balaban J connectivity index is 2.35. The van der Waals surface area contributed by atoms with Crippen molar-refractivity contribution >= 4 is 39.1 Å². The molecule has 2 N–H and O–H groups in total. The first kappa shape index (κ1) is 10.6. The van der Waals surface area contributed by atoms with Crippen LogP contribution in [-0.4, -0.2) is 11.5 Å². The first-order valence-electron chi connectivity index (χ1n) is 4.51. The summed E-state index contributed by atoms with van der Waals surface area (Å²) in [7, 11) is 0. The second kappa shape index (κ2) is 4.33. The van der Waals surface area contributed by atoms with Crippen LogP contribution in [0.15, 0.2) is 32.9 Å². The molecule has 1 aromatic carbocycles. The van der Waals surface area contributed by atoms with Crippen LogP contribution in [-0.2, 0) is 0 Å². The lowest BCUT2D eigenvalue weighted by atomic mass is 10.1. The summed E-state index contributed by atoms with van der Waals surface area (Å²) in [5.41, 5.74) is 7.52. The minimum absolute atomic E-state index is 0.590. The molecule has 0 radical (unpaired) electrons. The second-order valence-electron chi connectivity index (χ2n) is 3.27. The highest BCUT2D eigenvalue weighted by atomic mass is 79.9. The number of hydrogen-bond acceptors (Lipinski definition) is 3. The lowest BCUT2D eigenvalue weighted by Gasteiger charge is -2.10. The van der Waals surface area contributed by atoms with Crippen molar-refractivity contribution in [3.8, 4) is 0 Å². The standard InChI is InChI=1S/C10H9BrClN3/c11-7-5-6(1-2-8(7)12)9-3-4-10(13)15-14-9/h1-2,5H,3-4H2,(H2,13,15). The molecule has 1 aliphatic rings. The van der Waals surface area contributed by atoms with E-state index in [2.05, 4.69) is 26.1 Å². The Kier molecular flexibility index (Phi) is 3.07. The average molecular weight is 287 g/mol. The molecule has 0 fully saturated rings. The molecule has 0 bridgehead atoms. The Morgan fingerprint density at radius 1 is 1.27 bits per heavy atom. The fourth-order valence-corrected chi connectivity index (χ4v) is 1.85. The molecule has 0 unspecified atom stereocenters. The van der Waals surface area contributed by atoms with E-state index in [1.54, 1.807) is 0 Å². The van der Waals surface area contributed by atoms with Crippen LogP contribution in [0, 0.1) is 0 Å². The van der Waals surface area contributed by atoms with E-state index in [0.29, 0.717) is 10.9 Å². The monoisotopic (exact) mass is 285 g/mol. The van der Waals surface area contributed by atoms with Gasteiger partial charge in [0.2, 0.25) is 0 Å². The van der Waals surface area contributed by atoms with Gasteiger partial charge in [-0.25, -0.2) is 0 Å². The van der Waals surface area contributed by atoms with Crippen LogP contribution < -0.4 is 5.73 Å². The maximum atomic E-state index is 5.91. The van der Waals surface area contributed by atoms with Crippen molar-refractivity contribution in [3.63, 3.8) is 0 Å². The van der Waals surface area contributed by atoms with Crippen LogP contribution >= 0.6 is 27.5 Å². The van der Waals surface area contributed by atoms with Gasteiger partial charge < -0.3 is 5.73 Å². The molecule has 0 spiro atoms. The summed E-state index contributed by atoms with van der Waals surface area (Å²) in [4.78, 5) is 0. The highest BCUT2D eigenvalue weighted by molar-refractivity contribution is 9.10. The van der Waals surface area contributed by atoms with Gasteiger partial charge in [-0.3, -0.25) is 0 Å². The van der Waals surface area contributed by atoms with E-state index in [0.717, 1.165) is 28.6 Å². The zero-order valence-electron chi connectivity index (χ0n) is 7.87. The van der Waals surface area contributed by atoms with Gasteiger partial charge in [0.1, 0.15) is 5.84 Å². The van der Waals surface area contributed by atoms with Gasteiger partial charge in [-0.1, -0.05) is 17.7 Å². The normalized spacial score (nSPS) is 15.9. The summed E-state index contributed by atoms with van der Waals surface area (Å²) >= 11 is 9.29. The highest BCUT2D eigenvalue weighted by Gasteiger charge is 2.10. The van der Waals surface area contributed by atoms with Crippen LogP contribution in [0.1, 0.15) is 18.4 Å². The van der Waals surface area contributed by atoms with Crippen LogP contribution in [0.4, 0.5) is 0 Å². The maximum Gasteiger partial charge on any atom is 0.122 e. The molecule has 2 rings (SSSR count). The summed E-state index contributed by atoms with van der Waals surface area (Å²) in [6.45, 7) is 0. The molecule has 1 aliphatic heterocycles. The van der Waals surface area contributed by atoms with E-state index in [-0.39, 0.29) is 0 Å². The maximum absolute atomic E-state index is 5.91. The fraction of sp³-hybridized carbons (Fsp3) is 0.200. The number of halogens is 2. The lowest BCUT2D eigenvalue weighted by molar-refractivity contribution is 1.02. The van der Waals surface area contributed by atoms with Gasteiger partial charge in [-0.05, 0) is 40.0 Å². The Bertz CT molecular complexity index is 454. The van der Waals surface area contributed by atoms with Crippen molar-refractivity contribution in [1.82, 2.24) is 0 Å². The van der Waals surface area contributed by atoms with E-state index in [4.69, 9.17) is 17.3 Å². The van der Waals surface area contributed by atoms with Crippen LogP contribution in [0.3, 0.4) is 0 Å². The van der Waals surface area contributed by atoms with Crippen molar-refractivity contribution in [2.75, 3.05) is 0 Å². The van der Waals surface area contributed by atoms with Gasteiger partial charge in [-0.15, -0.1) is 5.10 Å². The van der Waals surface area contributed by atoms with E-state index in [1.165, 1.54) is 0 Å². The smallest absolute Gasteiger partial charge is 0.122 e. The van der Waals surface area contributed by atoms with Crippen molar-refractivity contribution < 1.29 is 0 Å². The molecule has 3 nitrogen and oxygen atoms in total. The number of rotatable bonds is 1. The summed E-state index contributed by atoms with van der Waals surface area (Å²) in [5, 5.41) is 8.63. The van der Waals surface area contributed by atoms with Gasteiger partial charge in [0, 0.05) is 10.9 Å². The average Bonchev–Trinajstić information content (AvgIpc) is 2.23. The summed E-state index contributed by atoms with van der Waals surface area (Å²) in [6.07, 6.45) is 1.59. The molecular formula is C10H9BrClN3. The SMILES string of the molecule is NC1=NN=C(c2ccc(Cl)c(Br)c2)CC1. The molecule has 0 aliphatic carbocycles. The molecule has 0 amide bonds. The summed E-state index contributed by atoms with van der Waals surface area (Å²) in [5.74, 6) is 0.590. The van der Waals surface area contributed by atoms with Gasteiger partial charge in [-0.2, -0.15) is 5.10 Å². The molecular weight excluding hydrogens is 277 g/mol. The topological polar surface area (TPSA) is 50.7 Å². The molecule has 1 aromatic rings. The van der Waals surface area contributed by atoms with Gasteiger partial charge >= 0.3 is 0 Å². The minimum Gasteiger partial charge on any atom is -0.386 e. The molecule has 78 valence electrons. The van der Waals surface area contributed by atoms with Gasteiger partial charge in [0.15, 0.2) is 0 Å². The summed E-state index contributed by atoms with van der Waals surface area (Å²) in [6, 6.07) is 5.71. The largest absolute Gasteiger partial charge is 0.386 e. The Labute approximate surface area is 101 Å². The predicted octanol–water partition coefficient (Wildman–Crippen LogP) is 2.96. The number of amidine groups is 1. The number of nitrogens with zero attached hydrogens (tertiary/aromatic N) is 2. The third kappa shape index (κ3) is 2.38. The number of hydrogen-bond donors (Lipinski definition) is 1. The van der Waals surface area contributed by atoms with E-state index < -0.39 is 0 Å². The number of nitrogens with two attached hydrogens (primary N) is 1. The molecule has 0 atom stereocenters. The zero-order chi connectivity index (χ0) is 10.8. The summed E-state index contributed by atoms with van der Waals surface area (Å²) < 4.78 is 0.867. The third-order valence-corrected chi connectivity index (χ3v) is 3.38. The van der Waals surface area contributed by atoms with E-state index >= 15 is 0 Å². The van der Waals surface area contributed by atoms with Gasteiger partial charge in [0.05, 0.1) is 10.7 Å². The van der Waals surface area contributed by atoms with Crippen molar-refractivity contribution in [1.29, 1.82) is 0 Å². The van der Waals surface area contributed by atoms with Crippen LogP contribution in [0.5, 0.6) is 0 Å². The zero-order valence-corrected chi connectivity index (χ0v) is 10.2. The predicted molar refractivity (Wildman–Crippen MR) is 66.5 cm³/mol. The van der Waals surface area contributed by atoms with Crippen molar-refractivity contribution in [2.24, 2.45) is 15.9 Å². The lowest BCUT2D eigenvalue weighted by Crippen LogP contribution is -2.17. The molecule has 0 aromatic heterocycles. The van der Waals surface area contributed by atoms with Gasteiger partial charge in [0.25, 0.3) is 0 Å². The Morgan fingerprint density at radius 3 is 2.67 bits per heavy atom. The van der Waals surface area contributed by atoms with Crippen LogP contribution in [0.2, 0.25) is 5.02 Å². The molecule has 1 heterocycles.